The minimum atomic E-state index is -0.178. The third-order valence-corrected chi connectivity index (χ3v) is 4.14. The van der Waals surface area contributed by atoms with E-state index in [1.54, 1.807) is 0 Å². The molecule has 1 amide bonds. The molecule has 0 saturated carbocycles. The van der Waals surface area contributed by atoms with E-state index in [-0.39, 0.29) is 5.91 Å². The van der Waals surface area contributed by atoms with Crippen LogP contribution in [0.5, 0.6) is 5.75 Å². The summed E-state index contributed by atoms with van der Waals surface area (Å²) in [4.78, 5) is 13.3. The van der Waals surface area contributed by atoms with Gasteiger partial charge in [-0.3, -0.25) is 4.79 Å². The van der Waals surface area contributed by atoms with Gasteiger partial charge in [0.1, 0.15) is 5.75 Å². The number of nitrogens with two attached hydrogens (primary N) is 1. The summed E-state index contributed by atoms with van der Waals surface area (Å²) in [6, 6.07) is 6.39. The molecule has 2 N–H and O–H groups in total. The SMILES string of the molecule is NC(=O)CC1CCN(c2cccc3c2OCC3)CC1. The van der Waals surface area contributed by atoms with Gasteiger partial charge in [0.2, 0.25) is 5.91 Å². The lowest BCUT2D eigenvalue weighted by Gasteiger charge is -2.34. The topological polar surface area (TPSA) is 55.6 Å². The van der Waals surface area contributed by atoms with Crippen LogP contribution in [0.2, 0.25) is 0 Å². The summed E-state index contributed by atoms with van der Waals surface area (Å²) in [7, 11) is 0. The van der Waals surface area contributed by atoms with Crippen molar-refractivity contribution in [2.45, 2.75) is 25.7 Å². The molecule has 19 heavy (non-hydrogen) atoms. The maximum absolute atomic E-state index is 11.0. The zero-order valence-electron chi connectivity index (χ0n) is 11.1. The monoisotopic (exact) mass is 260 g/mol. The molecule has 1 aromatic rings. The van der Waals surface area contributed by atoms with Crippen LogP contribution < -0.4 is 15.4 Å². The zero-order chi connectivity index (χ0) is 13.2. The number of fused-ring (bicyclic) bond motifs is 1. The number of piperidine rings is 1. The van der Waals surface area contributed by atoms with Crippen LogP contribution in [-0.2, 0) is 11.2 Å². The van der Waals surface area contributed by atoms with Gasteiger partial charge in [-0.25, -0.2) is 0 Å². The lowest BCUT2D eigenvalue weighted by Crippen LogP contribution is -2.35. The van der Waals surface area contributed by atoms with Crippen molar-refractivity contribution >= 4 is 11.6 Å². The summed E-state index contributed by atoms with van der Waals surface area (Å²) in [5, 5.41) is 0. The number of rotatable bonds is 3. The molecule has 0 spiro atoms. The zero-order valence-corrected chi connectivity index (χ0v) is 11.1. The van der Waals surface area contributed by atoms with Crippen molar-refractivity contribution in [2.24, 2.45) is 11.7 Å². The fraction of sp³-hybridized carbons (Fsp3) is 0.533. The number of primary amides is 1. The average Bonchev–Trinajstić information content (AvgIpc) is 2.87. The second-order valence-electron chi connectivity index (χ2n) is 5.46. The Labute approximate surface area is 113 Å². The molecular formula is C15H20N2O2. The largest absolute Gasteiger partial charge is 0.491 e. The lowest BCUT2D eigenvalue weighted by molar-refractivity contribution is -0.119. The molecule has 3 rings (SSSR count). The molecule has 4 nitrogen and oxygen atoms in total. The Morgan fingerprint density at radius 1 is 1.37 bits per heavy atom. The molecular weight excluding hydrogens is 240 g/mol. The van der Waals surface area contributed by atoms with E-state index in [1.807, 2.05) is 0 Å². The minimum absolute atomic E-state index is 0.178. The van der Waals surface area contributed by atoms with Crippen molar-refractivity contribution in [3.8, 4) is 5.75 Å². The molecule has 0 aromatic heterocycles. The van der Waals surface area contributed by atoms with Gasteiger partial charge in [0.15, 0.2) is 0 Å². The van der Waals surface area contributed by atoms with Crippen LogP contribution in [-0.4, -0.2) is 25.6 Å². The fourth-order valence-corrected chi connectivity index (χ4v) is 3.11. The molecule has 2 aliphatic rings. The van der Waals surface area contributed by atoms with Gasteiger partial charge in [0.05, 0.1) is 12.3 Å². The standard InChI is InChI=1S/C15H20N2O2/c16-14(18)10-11-4-7-17(8-5-11)13-3-1-2-12-6-9-19-15(12)13/h1-3,11H,4-10H2,(H2,16,18). The van der Waals surface area contributed by atoms with Gasteiger partial charge in [-0.05, 0) is 30.4 Å². The first kappa shape index (κ1) is 12.3. The summed E-state index contributed by atoms with van der Waals surface area (Å²) in [5.74, 6) is 1.34. The van der Waals surface area contributed by atoms with Crippen molar-refractivity contribution in [3.63, 3.8) is 0 Å². The third-order valence-electron chi connectivity index (χ3n) is 4.14. The third kappa shape index (κ3) is 2.53. The molecule has 0 bridgehead atoms. The highest BCUT2D eigenvalue weighted by atomic mass is 16.5. The van der Waals surface area contributed by atoms with Crippen LogP contribution in [0, 0.1) is 5.92 Å². The van der Waals surface area contributed by atoms with E-state index in [9.17, 15) is 4.79 Å². The Bertz CT molecular complexity index is 479. The van der Waals surface area contributed by atoms with E-state index >= 15 is 0 Å². The second-order valence-corrected chi connectivity index (χ2v) is 5.46. The highest BCUT2D eigenvalue weighted by Gasteiger charge is 2.25. The second kappa shape index (κ2) is 5.11. The van der Waals surface area contributed by atoms with Crippen LogP contribution in [0.3, 0.4) is 0 Å². The lowest BCUT2D eigenvalue weighted by atomic mass is 9.93. The normalized spacial score (nSPS) is 19.1. The molecule has 1 saturated heterocycles. The van der Waals surface area contributed by atoms with Gasteiger partial charge in [0, 0.05) is 25.9 Å². The number of ether oxygens (including phenoxy) is 1. The van der Waals surface area contributed by atoms with Crippen LogP contribution in [0.1, 0.15) is 24.8 Å². The van der Waals surface area contributed by atoms with Crippen LogP contribution in [0.25, 0.3) is 0 Å². The van der Waals surface area contributed by atoms with Crippen molar-refractivity contribution in [1.82, 2.24) is 0 Å². The summed E-state index contributed by atoms with van der Waals surface area (Å²) < 4.78 is 5.76. The number of hydrogen-bond donors (Lipinski definition) is 1. The Kier molecular flexibility index (Phi) is 3.32. The molecule has 2 aliphatic heterocycles. The average molecular weight is 260 g/mol. The summed E-state index contributed by atoms with van der Waals surface area (Å²) in [6.07, 6.45) is 3.61. The molecule has 2 heterocycles. The van der Waals surface area contributed by atoms with Gasteiger partial charge in [-0.1, -0.05) is 12.1 Å². The van der Waals surface area contributed by atoms with Gasteiger partial charge in [0.25, 0.3) is 0 Å². The van der Waals surface area contributed by atoms with Crippen molar-refractivity contribution in [1.29, 1.82) is 0 Å². The Morgan fingerprint density at radius 2 is 2.16 bits per heavy atom. The summed E-state index contributed by atoms with van der Waals surface area (Å²) in [6.45, 7) is 2.76. The molecule has 1 fully saturated rings. The Hall–Kier alpha value is -1.71. The van der Waals surface area contributed by atoms with Crippen LogP contribution in [0.15, 0.2) is 18.2 Å². The van der Waals surface area contributed by atoms with E-state index in [0.717, 1.165) is 44.7 Å². The van der Waals surface area contributed by atoms with Gasteiger partial charge in [-0.2, -0.15) is 0 Å². The smallest absolute Gasteiger partial charge is 0.217 e. The number of carbonyl (C=O) groups excluding carboxylic acids is 1. The minimum Gasteiger partial charge on any atom is -0.491 e. The quantitative estimate of drug-likeness (QED) is 0.900. The van der Waals surface area contributed by atoms with E-state index in [2.05, 4.69) is 23.1 Å². The van der Waals surface area contributed by atoms with E-state index < -0.39 is 0 Å². The van der Waals surface area contributed by atoms with E-state index in [1.165, 1.54) is 11.3 Å². The molecule has 4 heteroatoms. The molecule has 0 atom stereocenters. The number of anilines is 1. The number of hydrogen-bond acceptors (Lipinski definition) is 3. The van der Waals surface area contributed by atoms with Crippen molar-refractivity contribution in [3.05, 3.63) is 23.8 Å². The number of nitrogens with zero attached hydrogens (tertiary/aromatic N) is 1. The number of amides is 1. The first-order chi connectivity index (χ1) is 9.24. The summed E-state index contributed by atoms with van der Waals surface area (Å²) in [5.41, 5.74) is 7.80. The van der Waals surface area contributed by atoms with Crippen LogP contribution >= 0.6 is 0 Å². The summed E-state index contributed by atoms with van der Waals surface area (Å²) >= 11 is 0. The van der Waals surface area contributed by atoms with E-state index in [4.69, 9.17) is 10.5 Å². The highest BCUT2D eigenvalue weighted by Crippen LogP contribution is 2.37. The van der Waals surface area contributed by atoms with Gasteiger partial charge in [-0.15, -0.1) is 0 Å². The van der Waals surface area contributed by atoms with E-state index in [0.29, 0.717) is 12.3 Å². The molecule has 0 aliphatic carbocycles. The molecule has 0 radical (unpaired) electrons. The van der Waals surface area contributed by atoms with Crippen molar-refractivity contribution < 1.29 is 9.53 Å². The number of carbonyl (C=O) groups is 1. The van der Waals surface area contributed by atoms with Crippen LogP contribution in [0.4, 0.5) is 5.69 Å². The molecule has 0 unspecified atom stereocenters. The Balaban J connectivity index is 1.69. The molecule has 1 aromatic carbocycles. The maximum Gasteiger partial charge on any atom is 0.217 e. The first-order valence-electron chi connectivity index (χ1n) is 7.02. The highest BCUT2D eigenvalue weighted by molar-refractivity contribution is 5.74. The van der Waals surface area contributed by atoms with Gasteiger partial charge < -0.3 is 15.4 Å². The number of benzene rings is 1. The predicted octanol–water partition coefficient (Wildman–Crippen LogP) is 1.71. The Morgan fingerprint density at radius 3 is 2.89 bits per heavy atom. The van der Waals surface area contributed by atoms with Crippen molar-refractivity contribution in [2.75, 3.05) is 24.6 Å². The maximum atomic E-state index is 11.0. The first-order valence-corrected chi connectivity index (χ1v) is 7.02. The fourth-order valence-electron chi connectivity index (χ4n) is 3.11. The molecule has 102 valence electrons. The number of para-hydroxylation sites is 1. The predicted molar refractivity (Wildman–Crippen MR) is 74.4 cm³/mol. The van der Waals surface area contributed by atoms with Gasteiger partial charge >= 0.3 is 0 Å².